The third-order valence-electron chi connectivity index (χ3n) is 2.22. The van der Waals surface area contributed by atoms with Crippen molar-refractivity contribution in [3.05, 3.63) is 47.2 Å². The lowest BCUT2D eigenvalue weighted by Crippen LogP contribution is -1.93. The van der Waals surface area contributed by atoms with E-state index in [1.807, 2.05) is 18.2 Å². The van der Waals surface area contributed by atoms with Crippen LogP contribution in [0.4, 0.5) is 10.2 Å². The van der Waals surface area contributed by atoms with E-state index in [4.69, 9.17) is 11.6 Å². The van der Waals surface area contributed by atoms with E-state index in [0.29, 0.717) is 0 Å². The molecule has 2 nitrogen and oxygen atoms in total. The summed E-state index contributed by atoms with van der Waals surface area (Å²) in [4.78, 5) is 4.34. The summed E-state index contributed by atoms with van der Waals surface area (Å²) in [7, 11) is 1.80. The van der Waals surface area contributed by atoms with Gasteiger partial charge >= 0.3 is 0 Å². The van der Waals surface area contributed by atoms with Gasteiger partial charge in [0.05, 0.1) is 10.7 Å². The van der Waals surface area contributed by atoms with Crippen LogP contribution >= 0.6 is 11.6 Å². The summed E-state index contributed by atoms with van der Waals surface area (Å²) in [6, 6.07) is 10.2. The molecule has 2 aromatic rings. The molecule has 0 aliphatic carbocycles. The van der Waals surface area contributed by atoms with Crippen LogP contribution in [-0.4, -0.2) is 12.0 Å². The molecule has 4 heteroatoms. The fraction of sp³-hybridized carbons (Fsp3) is 0.0833. The molecule has 16 heavy (non-hydrogen) atoms. The lowest BCUT2D eigenvalue weighted by Gasteiger charge is -2.04. The van der Waals surface area contributed by atoms with Crippen molar-refractivity contribution in [1.82, 2.24) is 4.98 Å². The third kappa shape index (κ3) is 2.14. The zero-order chi connectivity index (χ0) is 11.5. The van der Waals surface area contributed by atoms with E-state index >= 15 is 0 Å². The van der Waals surface area contributed by atoms with Gasteiger partial charge in [0.15, 0.2) is 0 Å². The van der Waals surface area contributed by atoms with Gasteiger partial charge in [-0.15, -0.1) is 0 Å². The Bertz CT molecular complexity index is 514. The maximum atomic E-state index is 13.0. The van der Waals surface area contributed by atoms with Gasteiger partial charge < -0.3 is 5.32 Å². The highest BCUT2D eigenvalue weighted by atomic mass is 35.5. The third-order valence-corrected chi connectivity index (χ3v) is 2.51. The Kier molecular flexibility index (Phi) is 3.06. The Balaban J connectivity index is 2.46. The molecule has 0 saturated heterocycles. The predicted octanol–water partition coefficient (Wildman–Crippen LogP) is 3.58. The quantitative estimate of drug-likeness (QED) is 0.862. The number of rotatable bonds is 2. The molecule has 82 valence electrons. The van der Waals surface area contributed by atoms with E-state index in [2.05, 4.69) is 10.3 Å². The smallest absolute Gasteiger partial charge is 0.141 e. The fourth-order valence-corrected chi connectivity index (χ4v) is 1.57. The number of pyridine rings is 1. The Morgan fingerprint density at radius 3 is 2.75 bits per heavy atom. The summed E-state index contributed by atoms with van der Waals surface area (Å²) in [5.74, 6) is 0.341. The maximum absolute atomic E-state index is 13.0. The van der Waals surface area contributed by atoms with E-state index in [0.717, 1.165) is 17.1 Å². The molecule has 0 amide bonds. The van der Waals surface area contributed by atoms with Gasteiger partial charge in [-0.2, -0.15) is 0 Å². The van der Waals surface area contributed by atoms with Gasteiger partial charge in [-0.1, -0.05) is 17.7 Å². The molecular weight excluding hydrogens is 227 g/mol. The molecule has 0 spiro atoms. The molecule has 0 fully saturated rings. The highest BCUT2D eigenvalue weighted by Crippen LogP contribution is 2.24. The van der Waals surface area contributed by atoms with Crippen LogP contribution < -0.4 is 5.32 Å². The van der Waals surface area contributed by atoms with Crippen LogP contribution in [0.3, 0.4) is 0 Å². The molecule has 1 aromatic heterocycles. The zero-order valence-electron chi connectivity index (χ0n) is 8.67. The second-order valence-corrected chi connectivity index (χ2v) is 3.69. The standard InChI is InChI=1S/C12H10ClFN2/c1-15-12-4-2-3-11(16-12)8-5-6-10(14)9(13)7-8/h2-7H,1H3,(H,15,16). The summed E-state index contributed by atoms with van der Waals surface area (Å²) in [5.41, 5.74) is 1.55. The molecule has 0 radical (unpaired) electrons. The van der Waals surface area contributed by atoms with Crippen LogP contribution in [0.5, 0.6) is 0 Å². The van der Waals surface area contributed by atoms with Crippen molar-refractivity contribution in [3.8, 4) is 11.3 Å². The first-order valence-electron chi connectivity index (χ1n) is 4.81. The minimum atomic E-state index is -0.421. The van der Waals surface area contributed by atoms with Crippen LogP contribution in [0.25, 0.3) is 11.3 Å². The van der Waals surface area contributed by atoms with Crippen molar-refractivity contribution in [1.29, 1.82) is 0 Å². The first-order chi connectivity index (χ1) is 7.70. The van der Waals surface area contributed by atoms with Gasteiger partial charge in [0.2, 0.25) is 0 Å². The Morgan fingerprint density at radius 2 is 2.06 bits per heavy atom. The van der Waals surface area contributed by atoms with Crippen molar-refractivity contribution >= 4 is 17.4 Å². The van der Waals surface area contributed by atoms with Gasteiger partial charge in [0.25, 0.3) is 0 Å². The second kappa shape index (κ2) is 4.49. The molecule has 0 bridgehead atoms. The minimum absolute atomic E-state index is 0.106. The molecule has 0 aliphatic heterocycles. The lowest BCUT2D eigenvalue weighted by atomic mass is 10.1. The number of benzene rings is 1. The molecule has 0 atom stereocenters. The Morgan fingerprint density at radius 1 is 1.25 bits per heavy atom. The van der Waals surface area contributed by atoms with Crippen molar-refractivity contribution in [2.75, 3.05) is 12.4 Å². The summed E-state index contributed by atoms with van der Waals surface area (Å²) in [6.07, 6.45) is 0. The molecule has 1 N–H and O–H groups in total. The predicted molar refractivity (Wildman–Crippen MR) is 64.2 cm³/mol. The molecule has 1 heterocycles. The minimum Gasteiger partial charge on any atom is -0.373 e. The average Bonchev–Trinajstić information content (AvgIpc) is 2.33. The largest absolute Gasteiger partial charge is 0.373 e. The number of hydrogen-bond acceptors (Lipinski definition) is 2. The first-order valence-corrected chi connectivity index (χ1v) is 5.19. The normalized spacial score (nSPS) is 10.2. The van der Waals surface area contributed by atoms with E-state index in [1.165, 1.54) is 6.07 Å². The van der Waals surface area contributed by atoms with Gasteiger partial charge in [-0.3, -0.25) is 0 Å². The maximum Gasteiger partial charge on any atom is 0.141 e. The van der Waals surface area contributed by atoms with Crippen LogP contribution in [0.2, 0.25) is 5.02 Å². The molecule has 0 unspecified atom stereocenters. The first kappa shape index (κ1) is 10.9. The van der Waals surface area contributed by atoms with Crippen molar-refractivity contribution < 1.29 is 4.39 Å². The van der Waals surface area contributed by atoms with Gasteiger partial charge in [-0.25, -0.2) is 9.37 Å². The molecular formula is C12H10ClFN2. The van der Waals surface area contributed by atoms with Crippen molar-refractivity contribution in [2.24, 2.45) is 0 Å². The van der Waals surface area contributed by atoms with Gasteiger partial charge in [0.1, 0.15) is 11.6 Å². The fourth-order valence-electron chi connectivity index (χ4n) is 1.39. The van der Waals surface area contributed by atoms with Crippen LogP contribution in [0.15, 0.2) is 36.4 Å². The van der Waals surface area contributed by atoms with E-state index in [-0.39, 0.29) is 5.02 Å². The average molecular weight is 237 g/mol. The Hall–Kier alpha value is -1.61. The Labute approximate surface area is 98.1 Å². The van der Waals surface area contributed by atoms with Crippen LogP contribution in [0, 0.1) is 5.82 Å². The molecule has 1 aromatic carbocycles. The highest BCUT2D eigenvalue weighted by molar-refractivity contribution is 6.31. The van der Waals surface area contributed by atoms with Crippen LogP contribution in [-0.2, 0) is 0 Å². The number of nitrogens with zero attached hydrogens (tertiary/aromatic N) is 1. The van der Waals surface area contributed by atoms with Crippen LogP contribution in [0.1, 0.15) is 0 Å². The number of hydrogen-bond donors (Lipinski definition) is 1. The summed E-state index contributed by atoms with van der Waals surface area (Å²) in [5, 5.41) is 3.05. The van der Waals surface area contributed by atoms with Gasteiger partial charge in [0, 0.05) is 12.6 Å². The molecule has 0 aliphatic rings. The summed E-state index contributed by atoms with van der Waals surface area (Å²) >= 11 is 5.72. The summed E-state index contributed by atoms with van der Waals surface area (Å²) in [6.45, 7) is 0. The number of nitrogens with one attached hydrogen (secondary N) is 1. The number of anilines is 1. The SMILES string of the molecule is CNc1cccc(-c2ccc(F)c(Cl)c2)n1. The monoisotopic (exact) mass is 236 g/mol. The van der Waals surface area contributed by atoms with Gasteiger partial charge in [-0.05, 0) is 30.3 Å². The molecule has 0 saturated carbocycles. The van der Waals surface area contributed by atoms with E-state index in [1.54, 1.807) is 19.2 Å². The number of halogens is 2. The van der Waals surface area contributed by atoms with E-state index in [9.17, 15) is 4.39 Å². The second-order valence-electron chi connectivity index (χ2n) is 3.29. The van der Waals surface area contributed by atoms with E-state index < -0.39 is 5.82 Å². The lowest BCUT2D eigenvalue weighted by molar-refractivity contribution is 0.628. The van der Waals surface area contributed by atoms with Crippen molar-refractivity contribution in [3.63, 3.8) is 0 Å². The zero-order valence-corrected chi connectivity index (χ0v) is 9.42. The molecule has 2 rings (SSSR count). The highest BCUT2D eigenvalue weighted by Gasteiger charge is 2.04. The topological polar surface area (TPSA) is 24.9 Å². The van der Waals surface area contributed by atoms with Crippen molar-refractivity contribution in [2.45, 2.75) is 0 Å². The number of aromatic nitrogens is 1. The summed E-state index contributed by atoms with van der Waals surface area (Å²) < 4.78 is 13.0.